The molecule has 0 aliphatic rings. The van der Waals surface area contributed by atoms with E-state index in [1.54, 1.807) is 27.9 Å². The molecule has 0 aliphatic heterocycles. The fourth-order valence-electron chi connectivity index (χ4n) is 1.74. The van der Waals surface area contributed by atoms with Crippen molar-refractivity contribution in [3.63, 3.8) is 0 Å². The van der Waals surface area contributed by atoms with Gasteiger partial charge in [-0.1, -0.05) is 13.8 Å². The number of carboxylic acid groups (broad SMARTS) is 1. The lowest BCUT2D eigenvalue weighted by Crippen LogP contribution is -2.44. The summed E-state index contributed by atoms with van der Waals surface area (Å²) in [5, 5.41) is 9.05. The number of hydrogen-bond acceptors (Lipinski definition) is 4. The van der Waals surface area contributed by atoms with Crippen molar-refractivity contribution in [3.05, 3.63) is 29.8 Å². The highest BCUT2D eigenvalue weighted by atomic mass is 32.2. The van der Waals surface area contributed by atoms with Gasteiger partial charge >= 0.3 is 5.97 Å². The highest BCUT2D eigenvalue weighted by Crippen LogP contribution is 2.14. The largest absolute Gasteiger partial charge is 0.480 e. The molecule has 1 rings (SSSR count). The van der Waals surface area contributed by atoms with Gasteiger partial charge in [0.1, 0.15) is 6.04 Å². The molecule has 22 heavy (non-hydrogen) atoms. The lowest BCUT2D eigenvalue weighted by Gasteiger charge is -2.18. The number of carbonyl (C=O) groups excluding carboxylic acids is 1. The zero-order valence-electron chi connectivity index (χ0n) is 12.9. The number of carbonyl (C=O) groups is 2. The first-order valence-electron chi connectivity index (χ1n) is 6.63. The lowest BCUT2D eigenvalue weighted by molar-refractivity contribution is -0.140. The quantitative estimate of drug-likeness (QED) is 0.803. The van der Waals surface area contributed by atoms with Crippen molar-refractivity contribution >= 4 is 21.9 Å². The smallest absolute Gasteiger partial charge is 0.322 e. The van der Waals surface area contributed by atoms with Crippen LogP contribution in [0.5, 0.6) is 0 Å². The van der Waals surface area contributed by atoms with Crippen molar-refractivity contribution in [1.29, 1.82) is 0 Å². The molecule has 0 aromatic heterocycles. The van der Waals surface area contributed by atoms with Gasteiger partial charge in [0, 0.05) is 19.7 Å². The number of amides is 1. The second kappa shape index (κ2) is 6.89. The van der Waals surface area contributed by atoms with Crippen LogP contribution in [0, 0.1) is 5.92 Å². The van der Waals surface area contributed by atoms with Crippen molar-refractivity contribution in [2.45, 2.75) is 24.8 Å². The van der Waals surface area contributed by atoms with Gasteiger partial charge in [0.2, 0.25) is 10.0 Å². The number of hydrogen-bond donors (Lipinski definition) is 2. The summed E-state index contributed by atoms with van der Waals surface area (Å²) >= 11 is 0. The molecule has 0 spiro atoms. The summed E-state index contributed by atoms with van der Waals surface area (Å²) in [6, 6.07) is 4.12. The number of carboxylic acids is 1. The molecule has 1 atom stereocenters. The average Bonchev–Trinajstić information content (AvgIpc) is 2.43. The molecular weight excluding hydrogens is 308 g/mol. The van der Waals surface area contributed by atoms with E-state index < -0.39 is 28.0 Å². The molecule has 2 N–H and O–H groups in total. The van der Waals surface area contributed by atoms with Crippen molar-refractivity contribution in [2.24, 2.45) is 5.92 Å². The van der Waals surface area contributed by atoms with Gasteiger partial charge in [-0.15, -0.1) is 0 Å². The van der Waals surface area contributed by atoms with Gasteiger partial charge in [-0.05, 0) is 30.2 Å². The maximum atomic E-state index is 12.2. The minimum atomic E-state index is -3.97. The first kappa shape index (κ1) is 18.1. The first-order chi connectivity index (χ1) is 10.1. The number of sulfonamides is 1. The van der Waals surface area contributed by atoms with Crippen LogP contribution in [-0.4, -0.2) is 50.4 Å². The Morgan fingerprint density at radius 2 is 1.64 bits per heavy atom. The second-order valence-corrected chi connectivity index (χ2v) is 7.12. The van der Waals surface area contributed by atoms with Gasteiger partial charge in [0.25, 0.3) is 5.91 Å². The molecule has 0 aliphatic carbocycles. The van der Waals surface area contributed by atoms with E-state index in [1.807, 2.05) is 0 Å². The van der Waals surface area contributed by atoms with E-state index in [2.05, 4.69) is 4.72 Å². The number of rotatable bonds is 6. The summed E-state index contributed by atoms with van der Waals surface area (Å²) in [6.45, 7) is 3.22. The van der Waals surface area contributed by atoms with Crippen LogP contribution in [0.1, 0.15) is 24.2 Å². The van der Waals surface area contributed by atoms with Crippen LogP contribution in [0.15, 0.2) is 29.2 Å². The molecule has 0 heterocycles. The van der Waals surface area contributed by atoms with Gasteiger partial charge < -0.3 is 10.0 Å². The first-order valence-corrected chi connectivity index (χ1v) is 8.11. The van der Waals surface area contributed by atoms with E-state index in [0.29, 0.717) is 5.56 Å². The Hall–Kier alpha value is -1.93. The van der Waals surface area contributed by atoms with Crippen molar-refractivity contribution < 1.29 is 23.1 Å². The summed E-state index contributed by atoms with van der Waals surface area (Å²) in [6.07, 6.45) is 0. The molecule has 0 radical (unpaired) electrons. The molecule has 8 heteroatoms. The number of nitrogens with one attached hydrogen (secondary N) is 1. The monoisotopic (exact) mass is 328 g/mol. The number of nitrogens with zero attached hydrogens (tertiary/aromatic N) is 1. The summed E-state index contributed by atoms with van der Waals surface area (Å²) < 4.78 is 26.6. The molecule has 1 aromatic rings. The average molecular weight is 328 g/mol. The summed E-state index contributed by atoms with van der Waals surface area (Å²) in [7, 11) is -0.784. The van der Waals surface area contributed by atoms with Crippen LogP contribution in [-0.2, 0) is 14.8 Å². The minimum absolute atomic E-state index is 0.0882. The summed E-state index contributed by atoms with van der Waals surface area (Å²) in [5.74, 6) is -1.89. The highest BCUT2D eigenvalue weighted by Gasteiger charge is 2.28. The molecule has 0 bridgehead atoms. The molecule has 1 amide bonds. The molecule has 7 nitrogen and oxygen atoms in total. The molecule has 0 saturated heterocycles. The van der Waals surface area contributed by atoms with Gasteiger partial charge in [-0.2, -0.15) is 4.72 Å². The molecule has 122 valence electrons. The van der Waals surface area contributed by atoms with Gasteiger partial charge in [-0.25, -0.2) is 8.42 Å². The van der Waals surface area contributed by atoms with E-state index in [9.17, 15) is 18.0 Å². The SMILES string of the molecule is CC(C)[C@H](NS(=O)(=O)c1ccc(C(=O)N(C)C)cc1)C(=O)O. The number of benzene rings is 1. The fourth-order valence-corrected chi connectivity index (χ4v) is 3.08. The Morgan fingerprint density at radius 3 is 2.00 bits per heavy atom. The van der Waals surface area contributed by atoms with E-state index in [0.717, 1.165) is 0 Å². The van der Waals surface area contributed by atoms with Gasteiger partial charge in [0.15, 0.2) is 0 Å². The van der Waals surface area contributed by atoms with Crippen molar-refractivity contribution in [3.8, 4) is 0 Å². The topological polar surface area (TPSA) is 104 Å². The fraction of sp³-hybridized carbons (Fsp3) is 0.429. The molecule has 0 saturated carbocycles. The van der Waals surface area contributed by atoms with Gasteiger partial charge in [0.05, 0.1) is 4.90 Å². The van der Waals surface area contributed by atoms with E-state index in [1.165, 1.54) is 29.2 Å². The summed E-state index contributed by atoms with van der Waals surface area (Å²) in [4.78, 5) is 24.1. The lowest BCUT2D eigenvalue weighted by atomic mass is 10.1. The van der Waals surface area contributed by atoms with Crippen molar-refractivity contribution in [1.82, 2.24) is 9.62 Å². The van der Waals surface area contributed by atoms with Crippen LogP contribution >= 0.6 is 0 Å². The zero-order valence-corrected chi connectivity index (χ0v) is 13.7. The van der Waals surface area contributed by atoms with Crippen LogP contribution < -0.4 is 4.72 Å². The predicted molar refractivity (Wildman–Crippen MR) is 81.0 cm³/mol. The molecular formula is C14H20N2O5S. The molecule has 0 unspecified atom stereocenters. The standard InChI is InChI=1S/C14H20N2O5S/c1-9(2)12(14(18)19)15-22(20,21)11-7-5-10(6-8-11)13(17)16(3)4/h5-9,12,15H,1-4H3,(H,18,19)/t12-/m0/s1. The van der Waals surface area contributed by atoms with Crippen LogP contribution in [0.2, 0.25) is 0 Å². The third-order valence-corrected chi connectivity index (χ3v) is 4.49. The van der Waals surface area contributed by atoms with Crippen LogP contribution in [0.25, 0.3) is 0 Å². The van der Waals surface area contributed by atoms with E-state index >= 15 is 0 Å². The van der Waals surface area contributed by atoms with Gasteiger partial charge in [-0.3, -0.25) is 9.59 Å². The van der Waals surface area contributed by atoms with Crippen LogP contribution in [0.3, 0.4) is 0 Å². The Labute approximate surface area is 130 Å². The molecule has 1 aromatic carbocycles. The predicted octanol–water partition coefficient (Wildman–Crippen LogP) is 0.776. The third kappa shape index (κ3) is 4.28. The zero-order chi connectivity index (χ0) is 17.1. The Morgan fingerprint density at radius 1 is 1.14 bits per heavy atom. The Bertz CT molecular complexity index is 650. The summed E-state index contributed by atoms with van der Waals surface area (Å²) in [5.41, 5.74) is 0.350. The third-order valence-electron chi connectivity index (χ3n) is 3.03. The highest BCUT2D eigenvalue weighted by molar-refractivity contribution is 7.89. The number of aliphatic carboxylic acids is 1. The van der Waals surface area contributed by atoms with Crippen LogP contribution in [0.4, 0.5) is 0 Å². The maximum absolute atomic E-state index is 12.2. The minimum Gasteiger partial charge on any atom is -0.480 e. The van der Waals surface area contributed by atoms with E-state index in [-0.39, 0.29) is 10.8 Å². The normalized spacial score (nSPS) is 13.0. The Kier molecular flexibility index (Phi) is 5.67. The second-order valence-electron chi connectivity index (χ2n) is 5.41. The maximum Gasteiger partial charge on any atom is 0.322 e. The van der Waals surface area contributed by atoms with E-state index in [4.69, 9.17) is 5.11 Å². The molecule has 0 fully saturated rings. The Balaban J connectivity index is 3.04. The van der Waals surface area contributed by atoms with Crippen molar-refractivity contribution in [2.75, 3.05) is 14.1 Å².